The maximum atomic E-state index is 10.7. The number of methoxy groups -OCH3 is 1. The summed E-state index contributed by atoms with van der Waals surface area (Å²) in [6.07, 6.45) is 0. The molecule has 0 amide bonds. The third-order valence-corrected chi connectivity index (χ3v) is 2.51. The van der Waals surface area contributed by atoms with E-state index < -0.39 is 10.1 Å². The molecule has 1 aromatic rings. The van der Waals surface area contributed by atoms with E-state index in [0.717, 1.165) is 0 Å². The van der Waals surface area contributed by atoms with Gasteiger partial charge in [0.05, 0.1) is 12.0 Å². The maximum Gasteiger partial charge on any atom is 1.00 e. The zero-order valence-electron chi connectivity index (χ0n) is 9.31. The van der Waals surface area contributed by atoms with Crippen LogP contribution in [0, 0.1) is 6.92 Å². The van der Waals surface area contributed by atoms with Crippen LogP contribution >= 0.6 is 0 Å². The van der Waals surface area contributed by atoms with Crippen LogP contribution in [0.15, 0.2) is 23.1 Å². The number of aryl methyl sites for hydroxylation is 1. The molecule has 1 N–H and O–H groups in total. The monoisotopic (exact) mass is 226 g/mol. The van der Waals surface area contributed by atoms with Crippen LogP contribution in [0.25, 0.3) is 0 Å². The van der Waals surface area contributed by atoms with E-state index in [1.807, 2.05) is 0 Å². The van der Waals surface area contributed by atoms with Gasteiger partial charge in [-0.05, 0) is 30.7 Å². The van der Waals surface area contributed by atoms with Crippen molar-refractivity contribution in [2.24, 2.45) is 0 Å². The molecule has 74 valence electrons. The second kappa shape index (κ2) is 5.14. The van der Waals surface area contributed by atoms with E-state index in [1.54, 1.807) is 6.92 Å². The summed E-state index contributed by atoms with van der Waals surface area (Å²) < 4.78 is 35.0. The molecule has 0 aliphatic carbocycles. The smallest absolute Gasteiger partial charge is 1.00 e. The van der Waals surface area contributed by atoms with Gasteiger partial charge in [0.25, 0.3) is 10.1 Å². The second-order valence-corrected chi connectivity index (χ2v) is 4.03. The maximum absolute atomic E-state index is 10.7. The van der Waals surface area contributed by atoms with E-state index in [4.69, 9.17) is 9.29 Å². The summed E-state index contributed by atoms with van der Waals surface area (Å²) in [6, 6.07) is 4.15. The van der Waals surface area contributed by atoms with Crippen molar-refractivity contribution in [3.63, 3.8) is 0 Å². The van der Waals surface area contributed by atoms with Gasteiger partial charge < -0.3 is 6.16 Å². The Labute approximate surface area is 107 Å². The van der Waals surface area contributed by atoms with Crippen LogP contribution in [-0.4, -0.2) is 20.1 Å². The Hall–Kier alpha value is -0.0700. The van der Waals surface area contributed by atoms with Gasteiger partial charge in [0.1, 0.15) is 5.75 Å². The normalized spacial score (nSPS) is 10.5. The standard InChI is InChI=1S/C8H10O4S.Na.H/c1-6-5-7(13(9,10)11)3-4-8(6)12-2;;/h3-5H,1-2H3,(H,9,10,11);;/q;+1;-1. The quantitative estimate of drug-likeness (QED) is 0.485. The predicted molar refractivity (Wildman–Crippen MR) is 48.7 cm³/mol. The fraction of sp³-hybridized carbons (Fsp3) is 0.250. The second-order valence-electron chi connectivity index (χ2n) is 2.61. The Morgan fingerprint density at radius 2 is 2.00 bits per heavy atom. The average molecular weight is 226 g/mol. The molecule has 0 unspecified atom stereocenters. The molecule has 0 atom stereocenters. The molecule has 1 aromatic carbocycles. The summed E-state index contributed by atoms with van der Waals surface area (Å²) in [4.78, 5) is -0.120. The van der Waals surface area contributed by atoms with Crippen molar-refractivity contribution in [3.8, 4) is 5.75 Å². The average Bonchev–Trinajstić information content (AvgIpc) is 2.02. The summed E-state index contributed by atoms with van der Waals surface area (Å²) in [5.41, 5.74) is 0.664. The number of ether oxygens (including phenoxy) is 1. The van der Waals surface area contributed by atoms with E-state index in [-0.39, 0.29) is 35.9 Å². The molecular formula is C8H11NaO4S. The van der Waals surface area contributed by atoms with Crippen molar-refractivity contribution < 1.29 is 48.7 Å². The predicted octanol–water partition coefficient (Wildman–Crippen LogP) is -1.63. The zero-order valence-corrected chi connectivity index (χ0v) is 11.1. The summed E-state index contributed by atoms with van der Waals surface area (Å²) in [7, 11) is -2.61. The van der Waals surface area contributed by atoms with Gasteiger partial charge in [-0.25, -0.2) is 0 Å². The first-order chi connectivity index (χ1) is 5.95. The fourth-order valence-electron chi connectivity index (χ4n) is 1.01. The number of rotatable bonds is 2. The molecule has 1 rings (SSSR count). The van der Waals surface area contributed by atoms with E-state index in [2.05, 4.69) is 0 Å². The molecule has 4 nitrogen and oxygen atoms in total. The summed E-state index contributed by atoms with van der Waals surface area (Å²) in [5, 5.41) is 0. The van der Waals surface area contributed by atoms with Crippen molar-refractivity contribution in [1.82, 2.24) is 0 Å². The molecule has 0 fully saturated rings. The molecule has 0 radical (unpaired) electrons. The van der Waals surface area contributed by atoms with Gasteiger partial charge in [0.2, 0.25) is 0 Å². The number of benzene rings is 1. The largest absolute Gasteiger partial charge is 1.00 e. The van der Waals surface area contributed by atoms with Gasteiger partial charge in [-0.1, -0.05) is 0 Å². The van der Waals surface area contributed by atoms with Crippen LogP contribution in [0.3, 0.4) is 0 Å². The summed E-state index contributed by atoms with van der Waals surface area (Å²) >= 11 is 0. The van der Waals surface area contributed by atoms with Crippen LogP contribution in [0.4, 0.5) is 0 Å². The first-order valence-corrected chi connectivity index (χ1v) is 5.01. The molecule has 0 aliphatic heterocycles. The molecule has 0 bridgehead atoms. The van der Waals surface area contributed by atoms with Crippen LogP contribution in [-0.2, 0) is 10.1 Å². The summed E-state index contributed by atoms with van der Waals surface area (Å²) in [5.74, 6) is 0.590. The Morgan fingerprint density at radius 3 is 2.36 bits per heavy atom. The SMILES string of the molecule is COc1ccc(S(=O)(=O)O)cc1C.[H-].[Na+]. The van der Waals surface area contributed by atoms with Crippen LogP contribution < -0.4 is 34.3 Å². The van der Waals surface area contributed by atoms with E-state index in [1.165, 1.54) is 25.3 Å². The topological polar surface area (TPSA) is 63.6 Å². The molecule has 0 heterocycles. The van der Waals surface area contributed by atoms with Gasteiger partial charge >= 0.3 is 29.6 Å². The first kappa shape index (κ1) is 13.9. The van der Waals surface area contributed by atoms with Crippen LogP contribution in [0.1, 0.15) is 6.99 Å². The Bertz CT molecular complexity index is 419. The molecule has 0 saturated carbocycles. The molecule has 0 aliphatic rings. The van der Waals surface area contributed by atoms with E-state index in [9.17, 15) is 8.42 Å². The van der Waals surface area contributed by atoms with Gasteiger partial charge in [0.15, 0.2) is 0 Å². The van der Waals surface area contributed by atoms with Crippen LogP contribution in [0.2, 0.25) is 0 Å². The zero-order chi connectivity index (χ0) is 10.1. The van der Waals surface area contributed by atoms with E-state index >= 15 is 0 Å². The third kappa shape index (κ3) is 3.25. The Balaban J connectivity index is 0. The molecule has 0 saturated heterocycles. The molecule has 14 heavy (non-hydrogen) atoms. The Morgan fingerprint density at radius 1 is 1.43 bits per heavy atom. The van der Waals surface area contributed by atoms with Gasteiger partial charge in [-0.2, -0.15) is 8.42 Å². The van der Waals surface area contributed by atoms with Crippen molar-refractivity contribution >= 4 is 10.1 Å². The minimum atomic E-state index is -4.11. The van der Waals surface area contributed by atoms with E-state index in [0.29, 0.717) is 11.3 Å². The van der Waals surface area contributed by atoms with Crippen molar-refractivity contribution in [2.75, 3.05) is 7.11 Å². The van der Waals surface area contributed by atoms with Crippen molar-refractivity contribution in [1.29, 1.82) is 0 Å². The van der Waals surface area contributed by atoms with Crippen molar-refractivity contribution in [3.05, 3.63) is 23.8 Å². The van der Waals surface area contributed by atoms with Crippen LogP contribution in [0.5, 0.6) is 5.75 Å². The molecule has 0 spiro atoms. The molecule has 0 aromatic heterocycles. The van der Waals surface area contributed by atoms with Crippen molar-refractivity contribution in [2.45, 2.75) is 11.8 Å². The minimum absolute atomic E-state index is 0. The van der Waals surface area contributed by atoms with Gasteiger partial charge in [-0.3, -0.25) is 4.55 Å². The number of hydrogen-bond acceptors (Lipinski definition) is 3. The Kier molecular flexibility index (Phi) is 5.11. The number of hydrogen-bond donors (Lipinski definition) is 1. The summed E-state index contributed by atoms with van der Waals surface area (Å²) in [6.45, 7) is 1.70. The molecular weight excluding hydrogens is 215 g/mol. The fourth-order valence-corrected chi connectivity index (χ4v) is 1.58. The van der Waals surface area contributed by atoms with Gasteiger partial charge in [-0.15, -0.1) is 0 Å². The van der Waals surface area contributed by atoms with Gasteiger partial charge in [0, 0.05) is 0 Å². The minimum Gasteiger partial charge on any atom is -1.00 e. The molecule has 6 heteroatoms. The third-order valence-electron chi connectivity index (χ3n) is 1.66. The first-order valence-electron chi connectivity index (χ1n) is 3.57.